The van der Waals surface area contributed by atoms with Crippen molar-refractivity contribution in [3.8, 4) is 11.3 Å². The lowest BCUT2D eigenvalue weighted by molar-refractivity contribution is 0.253. The van der Waals surface area contributed by atoms with Gasteiger partial charge in [0.1, 0.15) is 5.82 Å². The number of hydrazine groups is 1. The van der Waals surface area contributed by atoms with Gasteiger partial charge >= 0.3 is 0 Å². The number of aromatic amines is 1. The van der Waals surface area contributed by atoms with Gasteiger partial charge in [0, 0.05) is 68.2 Å². The summed E-state index contributed by atoms with van der Waals surface area (Å²) >= 11 is 0. The SMILES string of the molecule is Cc1cc(-c2cc3c([nH]2)N=CC2=CNN(C)C23)ccc1N1CCN(C)CC1. The molecule has 0 radical (unpaired) electrons. The molecule has 6 heteroatoms. The van der Waals surface area contributed by atoms with Gasteiger partial charge in [-0.3, -0.25) is 0 Å². The molecule has 1 saturated heterocycles. The molecule has 4 heterocycles. The second kappa shape index (κ2) is 6.25. The van der Waals surface area contributed by atoms with Crippen LogP contribution >= 0.6 is 0 Å². The molecule has 1 fully saturated rings. The van der Waals surface area contributed by atoms with Crippen molar-refractivity contribution in [2.75, 3.05) is 45.2 Å². The number of benzene rings is 1. The van der Waals surface area contributed by atoms with Crippen LogP contribution in [-0.4, -0.2) is 61.4 Å². The molecule has 0 bridgehead atoms. The topological polar surface area (TPSA) is 49.9 Å². The quantitative estimate of drug-likeness (QED) is 0.863. The number of aromatic nitrogens is 1. The summed E-state index contributed by atoms with van der Waals surface area (Å²) in [6.45, 7) is 6.66. The maximum atomic E-state index is 4.61. The largest absolute Gasteiger partial charge is 0.369 e. The van der Waals surface area contributed by atoms with E-state index in [1.807, 2.05) is 12.4 Å². The Morgan fingerprint density at radius 1 is 1.07 bits per heavy atom. The van der Waals surface area contributed by atoms with E-state index in [9.17, 15) is 0 Å². The fraction of sp³-hybridized carbons (Fsp3) is 0.381. The lowest BCUT2D eigenvalue weighted by Gasteiger charge is -2.35. The molecule has 0 aliphatic carbocycles. The third kappa shape index (κ3) is 2.76. The first-order valence-electron chi connectivity index (χ1n) is 9.61. The number of likely N-dealkylation sites (N-methyl/N-ethyl adjacent to an activating group) is 2. The minimum absolute atomic E-state index is 0.230. The number of nitrogens with zero attached hydrogens (tertiary/aromatic N) is 4. The number of fused-ring (bicyclic) bond motifs is 3. The van der Waals surface area contributed by atoms with Gasteiger partial charge in [0.05, 0.1) is 6.04 Å². The van der Waals surface area contributed by atoms with Crippen LogP contribution in [0.4, 0.5) is 11.5 Å². The average molecular weight is 362 g/mol. The van der Waals surface area contributed by atoms with Crippen molar-refractivity contribution in [1.82, 2.24) is 20.3 Å². The summed E-state index contributed by atoms with van der Waals surface area (Å²) in [7, 11) is 4.26. The predicted molar refractivity (Wildman–Crippen MR) is 111 cm³/mol. The molecule has 3 aliphatic heterocycles. The molecule has 2 N–H and O–H groups in total. The zero-order valence-corrected chi connectivity index (χ0v) is 16.2. The number of hydrogen-bond donors (Lipinski definition) is 2. The van der Waals surface area contributed by atoms with Gasteiger partial charge in [-0.1, -0.05) is 6.07 Å². The Labute approximate surface area is 160 Å². The molecule has 0 saturated carbocycles. The van der Waals surface area contributed by atoms with Crippen molar-refractivity contribution >= 4 is 17.7 Å². The first kappa shape index (κ1) is 16.6. The molecular weight excluding hydrogens is 336 g/mol. The van der Waals surface area contributed by atoms with E-state index in [0.717, 1.165) is 37.7 Å². The summed E-state index contributed by atoms with van der Waals surface area (Å²) in [5, 5.41) is 2.12. The fourth-order valence-electron chi connectivity index (χ4n) is 4.34. The van der Waals surface area contributed by atoms with Gasteiger partial charge in [-0.15, -0.1) is 0 Å². The highest BCUT2D eigenvalue weighted by Crippen LogP contribution is 2.41. The molecule has 27 heavy (non-hydrogen) atoms. The maximum Gasteiger partial charge on any atom is 0.135 e. The summed E-state index contributed by atoms with van der Waals surface area (Å²) < 4.78 is 0. The summed E-state index contributed by atoms with van der Waals surface area (Å²) in [5.41, 5.74) is 10.7. The summed E-state index contributed by atoms with van der Waals surface area (Å²) in [5.74, 6) is 0.962. The van der Waals surface area contributed by atoms with E-state index in [4.69, 9.17) is 0 Å². The van der Waals surface area contributed by atoms with Crippen LogP contribution in [0.3, 0.4) is 0 Å². The number of aryl methyl sites for hydroxylation is 1. The second-order valence-corrected chi connectivity index (χ2v) is 7.82. The van der Waals surface area contributed by atoms with Gasteiger partial charge in [-0.05, 0) is 43.3 Å². The number of rotatable bonds is 2. The smallest absolute Gasteiger partial charge is 0.135 e. The molecule has 140 valence electrons. The van der Waals surface area contributed by atoms with Crippen LogP contribution in [0.5, 0.6) is 0 Å². The van der Waals surface area contributed by atoms with Crippen LogP contribution in [0.2, 0.25) is 0 Å². The molecule has 6 nitrogen and oxygen atoms in total. The van der Waals surface area contributed by atoms with Crippen molar-refractivity contribution in [2.45, 2.75) is 13.0 Å². The van der Waals surface area contributed by atoms with E-state index in [1.165, 1.54) is 28.0 Å². The number of anilines is 1. The molecule has 5 rings (SSSR count). The predicted octanol–water partition coefficient (Wildman–Crippen LogP) is 2.83. The van der Waals surface area contributed by atoms with Crippen LogP contribution in [0, 0.1) is 6.92 Å². The highest BCUT2D eigenvalue weighted by atomic mass is 15.5. The van der Waals surface area contributed by atoms with Crippen molar-refractivity contribution in [1.29, 1.82) is 0 Å². The maximum absolute atomic E-state index is 4.61. The third-order valence-electron chi connectivity index (χ3n) is 5.95. The molecule has 0 amide bonds. The Balaban J connectivity index is 1.45. The van der Waals surface area contributed by atoms with Crippen LogP contribution in [0.1, 0.15) is 17.2 Å². The molecule has 1 aromatic heterocycles. The summed E-state index contributed by atoms with van der Waals surface area (Å²) in [6, 6.07) is 9.27. The standard InChI is InChI=1S/C21H26N6/c1-14-10-15(4-5-19(14)27-8-6-25(2)7-9-27)18-11-17-20-16(13-23-26(20)3)12-22-21(17)24-18/h4-5,10-13,20,23-24H,6-9H2,1-3H3. The first-order chi connectivity index (χ1) is 13.1. The van der Waals surface area contributed by atoms with Gasteiger partial charge in [0.25, 0.3) is 0 Å². The van der Waals surface area contributed by atoms with Crippen molar-refractivity contribution in [2.24, 2.45) is 4.99 Å². The Kier molecular flexibility index (Phi) is 3.84. The molecule has 2 aromatic rings. The monoisotopic (exact) mass is 362 g/mol. The van der Waals surface area contributed by atoms with Crippen LogP contribution in [-0.2, 0) is 0 Å². The van der Waals surface area contributed by atoms with E-state index < -0.39 is 0 Å². The minimum Gasteiger partial charge on any atom is -0.369 e. The van der Waals surface area contributed by atoms with Gasteiger partial charge in [-0.2, -0.15) is 0 Å². The van der Waals surface area contributed by atoms with Crippen LogP contribution in [0.15, 0.2) is 41.0 Å². The van der Waals surface area contributed by atoms with Gasteiger partial charge in [0.2, 0.25) is 0 Å². The van der Waals surface area contributed by atoms with Crippen molar-refractivity contribution in [3.63, 3.8) is 0 Å². The molecule has 1 unspecified atom stereocenters. The van der Waals surface area contributed by atoms with Crippen molar-refractivity contribution < 1.29 is 0 Å². The van der Waals surface area contributed by atoms with Gasteiger partial charge < -0.3 is 20.2 Å². The fourth-order valence-corrected chi connectivity index (χ4v) is 4.34. The summed E-state index contributed by atoms with van der Waals surface area (Å²) in [4.78, 5) is 13.0. The Hall–Kier alpha value is -2.57. The second-order valence-electron chi connectivity index (χ2n) is 7.82. The Bertz CT molecular complexity index is 932. The van der Waals surface area contributed by atoms with Crippen molar-refractivity contribution in [3.05, 3.63) is 47.2 Å². The average Bonchev–Trinajstić information content (AvgIpc) is 3.26. The Morgan fingerprint density at radius 2 is 1.89 bits per heavy atom. The van der Waals surface area contributed by atoms with E-state index in [2.05, 4.69) is 75.5 Å². The first-order valence-corrected chi connectivity index (χ1v) is 9.61. The zero-order valence-electron chi connectivity index (χ0n) is 16.2. The number of aliphatic imine (C=N–C) groups is 1. The normalized spacial score (nSPS) is 22.4. The third-order valence-corrected chi connectivity index (χ3v) is 5.95. The zero-order chi connectivity index (χ0) is 18.5. The molecule has 1 aromatic carbocycles. The number of H-pyrrole nitrogens is 1. The molecule has 0 spiro atoms. The van der Waals surface area contributed by atoms with E-state index >= 15 is 0 Å². The highest BCUT2D eigenvalue weighted by Gasteiger charge is 2.31. The lowest BCUT2D eigenvalue weighted by atomic mass is 9.99. The lowest BCUT2D eigenvalue weighted by Crippen LogP contribution is -2.44. The number of hydrogen-bond acceptors (Lipinski definition) is 5. The Morgan fingerprint density at radius 3 is 2.67 bits per heavy atom. The number of nitrogens with one attached hydrogen (secondary N) is 2. The molecule has 1 atom stereocenters. The van der Waals surface area contributed by atoms with Crippen LogP contribution < -0.4 is 10.3 Å². The van der Waals surface area contributed by atoms with Gasteiger partial charge in [-0.25, -0.2) is 10.0 Å². The molecule has 3 aliphatic rings. The minimum atomic E-state index is 0.230. The van der Waals surface area contributed by atoms with Gasteiger partial charge in [0.15, 0.2) is 0 Å². The van der Waals surface area contributed by atoms with E-state index in [1.54, 1.807) is 0 Å². The highest BCUT2D eigenvalue weighted by molar-refractivity contribution is 5.87. The van der Waals surface area contributed by atoms with Crippen LogP contribution in [0.25, 0.3) is 11.3 Å². The van der Waals surface area contributed by atoms with E-state index in [-0.39, 0.29) is 6.04 Å². The molecular formula is C21H26N6. The summed E-state index contributed by atoms with van der Waals surface area (Å²) in [6.07, 6.45) is 3.98. The number of piperazine rings is 1. The van der Waals surface area contributed by atoms with E-state index in [0.29, 0.717) is 0 Å².